The van der Waals surface area contributed by atoms with Gasteiger partial charge in [-0.2, -0.15) is 4.31 Å². The Bertz CT molecular complexity index is 1240. The maximum Gasteiger partial charge on any atom is 0.252 e. The number of primary sulfonamides is 1. The van der Waals surface area contributed by atoms with Crippen LogP contribution < -0.4 is 10.0 Å². The van der Waals surface area contributed by atoms with Gasteiger partial charge in [0.25, 0.3) is 5.91 Å². The second-order valence-corrected chi connectivity index (χ2v) is 11.5. The Balaban J connectivity index is 2.05. The molecule has 1 unspecified atom stereocenters. The highest BCUT2D eigenvalue weighted by Gasteiger charge is 2.51. The lowest BCUT2D eigenvalue weighted by Gasteiger charge is -2.39. The summed E-state index contributed by atoms with van der Waals surface area (Å²) in [6.45, 7) is 5.21. The van der Waals surface area contributed by atoms with Crippen LogP contribution in [-0.2, 0) is 29.6 Å². The molecule has 0 spiro atoms. The van der Waals surface area contributed by atoms with Crippen LogP contribution in [0.15, 0.2) is 64.4 Å². The van der Waals surface area contributed by atoms with Gasteiger partial charge >= 0.3 is 0 Å². The first-order chi connectivity index (χ1) is 14.8. The number of nitrogens with zero attached hydrogens (tertiary/aromatic N) is 2. The number of anilines is 1. The van der Waals surface area contributed by atoms with Gasteiger partial charge in [-0.15, -0.1) is 0 Å². The fourth-order valence-electron chi connectivity index (χ4n) is 3.63. The number of rotatable bonds is 7. The molecule has 1 heterocycles. The van der Waals surface area contributed by atoms with Crippen molar-refractivity contribution in [3.8, 4) is 0 Å². The first-order valence-corrected chi connectivity index (χ1v) is 12.9. The number of hydrogen-bond donors (Lipinski definition) is 1. The van der Waals surface area contributed by atoms with Crippen LogP contribution in [0.3, 0.4) is 0 Å². The van der Waals surface area contributed by atoms with Gasteiger partial charge in [-0.3, -0.25) is 9.59 Å². The lowest BCUT2D eigenvalue weighted by Crippen LogP contribution is -2.55. The van der Waals surface area contributed by atoms with Crippen molar-refractivity contribution in [3.63, 3.8) is 0 Å². The number of benzene rings is 2. The monoisotopic (exact) mass is 479 g/mol. The van der Waals surface area contributed by atoms with Crippen molar-refractivity contribution in [1.29, 1.82) is 0 Å². The molecule has 1 saturated heterocycles. The summed E-state index contributed by atoms with van der Waals surface area (Å²) in [5.74, 6) is -1.28. The first-order valence-electron chi connectivity index (χ1n) is 9.90. The molecule has 0 aromatic heterocycles. The van der Waals surface area contributed by atoms with E-state index in [9.17, 15) is 26.4 Å². The maximum absolute atomic E-state index is 13.5. The van der Waals surface area contributed by atoms with Crippen molar-refractivity contribution in [2.45, 2.75) is 55.0 Å². The molecule has 0 saturated carbocycles. The third kappa shape index (κ3) is 4.33. The Morgan fingerprint density at radius 3 is 2.03 bits per heavy atom. The van der Waals surface area contributed by atoms with Crippen molar-refractivity contribution in [1.82, 2.24) is 4.31 Å². The largest absolute Gasteiger partial charge is 0.274 e. The molecule has 0 aliphatic carbocycles. The molecule has 32 heavy (non-hydrogen) atoms. The number of carbonyl (C=O) groups is 2. The standard InChI is InChI=1S/C21H25N3O6S2/c1-4-21(2,3)24(32(29,30)17-8-6-5-7-9-17)18-14-19(25)23(20(18)26)15-10-12-16(13-11-15)31(22,27)28/h5-13,18H,4,14H2,1-3H3,(H2,22,27,28). The minimum atomic E-state index is -4.10. The van der Waals surface area contributed by atoms with Gasteiger partial charge < -0.3 is 0 Å². The summed E-state index contributed by atoms with van der Waals surface area (Å²) in [6, 6.07) is 11.5. The normalized spacial score (nSPS) is 17.9. The quantitative estimate of drug-likeness (QED) is 0.602. The van der Waals surface area contributed by atoms with Crippen molar-refractivity contribution in [2.24, 2.45) is 5.14 Å². The third-order valence-electron chi connectivity index (χ3n) is 5.59. The molecule has 3 rings (SSSR count). The van der Waals surface area contributed by atoms with Crippen molar-refractivity contribution < 1.29 is 26.4 Å². The minimum absolute atomic E-state index is 0.0257. The lowest BCUT2D eigenvalue weighted by molar-refractivity contribution is -0.122. The van der Waals surface area contributed by atoms with Gasteiger partial charge in [0.05, 0.1) is 21.9 Å². The van der Waals surface area contributed by atoms with E-state index in [1.54, 1.807) is 39.0 Å². The molecule has 2 amide bonds. The van der Waals surface area contributed by atoms with E-state index in [2.05, 4.69) is 0 Å². The Morgan fingerprint density at radius 2 is 1.53 bits per heavy atom. The van der Waals surface area contributed by atoms with Gasteiger partial charge in [-0.25, -0.2) is 26.9 Å². The summed E-state index contributed by atoms with van der Waals surface area (Å²) in [5, 5.41) is 5.09. The first kappa shape index (κ1) is 24.1. The summed E-state index contributed by atoms with van der Waals surface area (Å²) >= 11 is 0. The van der Waals surface area contributed by atoms with Crippen LogP contribution in [0.1, 0.15) is 33.6 Å². The Kier molecular flexibility index (Phi) is 6.31. The fraction of sp³-hybridized carbons (Fsp3) is 0.333. The predicted octanol–water partition coefficient (Wildman–Crippen LogP) is 1.85. The number of imide groups is 1. The van der Waals surface area contributed by atoms with Gasteiger partial charge in [-0.1, -0.05) is 25.1 Å². The Hall–Kier alpha value is -2.60. The summed E-state index contributed by atoms with van der Waals surface area (Å²) in [7, 11) is -8.05. The molecule has 172 valence electrons. The van der Waals surface area contributed by atoms with Crippen LogP contribution in [0.2, 0.25) is 0 Å². The van der Waals surface area contributed by atoms with E-state index < -0.39 is 43.4 Å². The number of nitrogens with two attached hydrogens (primary N) is 1. The Morgan fingerprint density at radius 1 is 0.969 bits per heavy atom. The number of carbonyl (C=O) groups excluding carboxylic acids is 2. The van der Waals surface area contributed by atoms with E-state index in [-0.39, 0.29) is 21.9 Å². The average Bonchev–Trinajstić information content (AvgIpc) is 3.01. The predicted molar refractivity (Wildman–Crippen MR) is 119 cm³/mol. The molecule has 1 fully saturated rings. The van der Waals surface area contributed by atoms with Gasteiger partial charge in [-0.05, 0) is 56.7 Å². The van der Waals surface area contributed by atoms with Crippen molar-refractivity contribution >= 4 is 37.5 Å². The molecular weight excluding hydrogens is 454 g/mol. The average molecular weight is 480 g/mol. The topological polar surface area (TPSA) is 135 Å². The van der Waals surface area contributed by atoms with Crippen molar-refractivity contribution in [2.75, 3.05) is 4.90 Å². The van der Waals surface area contributed by atoms with Crippen LogP contribution in [0.5, 0.6) is 0 Å². The number of sulfonamides is 2. The minimum Gasteiger partial charge on any atom is -0.274 e. The molecule has 11 heteroatoms. The summed E-state index contributed by atoms with van der Waals surface area (Å²) < 4.78 is 51.2. The van der Waals surface area contributed by atoms with Gasteiger partial charge in [0.2, 0.25) is 26.0 Å². The maximum atomic E-state index is 13.5. The van der Waals surface area contributed by atoms with Crippen LogP contribution >= 0.6 is 0 Å². The molecule has 9 nitrogen and oxygen atoms in total. The molecule has 1 aliphatic rings. The van der Waals surface area contributed by atoms with E-state index in [1.165, 1.54) is 36.4 Å². The summed E-state index contributed by atoms with van der Waals surface area (Å²) in [4.78, 5) is 26.9. The van der Waals surface area contributed by atoms with Crippen LogP contribution in [-0.4, -0.2) is 44.5 Å². The van der Waals surface area contributed by atoms with Crippen molar-refractivity contribution in [3.05, 3.63) is 54.6 Å². The molecule has 2 aromatic carbocycles. The molecule has 0 bridgehead atoms. The van der Waals surface area contributed by atoms with E-state index in [0.29, 0.717) is 6.42 Å². The van der Waals surface area contributed by atoms with Gasteiger partial charge in [0.1, 0.15) is 6.04 Å². The molecular formula is C21H25N3O6S2. The molecule has 2 aromatic rings. The highest BCUT2D eigenvalue weighted by Crippen LogP contribution is 2.35. The van der Waals surface area contributed by atoms with E-state index in [0.717, 1.165) is 9.21 Å². The lowest BCUT2D eigenvalue weighted by atomic mass is 10.00. The SMILES string of the molecule is CCC(C)(C)N(C1CC(=O)N(c2ccc(S(N)(=O)=O)cc2)C1=O)S(=O)(=O)c1ccccc1. The zero-order valence-corrected chi connectivity index (χ0v) is 19.6. The summed E-state index contributed by atoms with van der Waals surface area (Å²) in [5.41, 5.74) is -0.816. The van der Waals surface area contributed by atoms with Crippen LogP contribution in [0.4, 0.5) is 5.69 Å². The molecule has 0 radical (unpaired) electrons. The van der Waals surface area contributed by atoms with Gasteiger partial charge in [0, 0.05) is 5.54 Å². The number of amides is 2. The van der Waals surface area contributed by atoms with E-state index in [1.807, 2.05) is 0 Å². The fourth-order valence-corrected chi connectivity index (χ4v) is 6.15. The molecule has 2 N–H and O–H groups in total. The Labute approximate surface area is 187 Å². The molecule has 1 atom stereocenters. The highest BCUT2D eigenvalue weighted by atomic mass is 32.2. The number of hydrogen-bond acceptors (Lipinski definition) is 6. The highest BCUT2D eigenvalue weighted by molar-refractivity contribution is 7.89. The zero-order valence-electron chi connectivity index (χ0n) is 17.9. The van der Waals surface area contributed by atoms with Crippen LogP contribution in [0.25, 0.3) is 0 Å². The smallest absolute Gasteiger partial charge is 0.252 e. The second-order valence-electron chi connectivity index (χ2n) is 8.11. The van der Waals surface area contributed by atoms with Crippen LogP contribution in [0, 0.1) is 0 Å². The summed E-state index contributed by atoms with van der Waals surface area (Å²) in [6.07, 6.45) is 0.0748. The third-order valence-corrected chi connectivity index (χ3v) is 8.65. The van der Waals surface area contributed by atoms with E-state index >= 15 is 0 Å². The second kappa shape index (κ2) is 8.39. The zero-order chi connectivity index (χ0) is 23.9. The van der Waals surface area contributed by atoms with Gasteiger partial charge in [0.15, 0.2) is 0 Å². The molecule has 1 aliphatic heterocycles. The van der Waals surface area contributed by atoms with E-state index in [4.69, 9.17) is 5.14 Å².